The van der Waals surface area contributed by atoms with Crippen molar-refractivity contribution in [3.63, 3.8) is 0 Å². The molecule has 0 radical (unpaired) electrons. The first-order valence-electron chi connectivity index (χ1n) is 6.29. The standard InChI is InChI=1S/C13H18BrNO2S/c14-10-4-7-18-11(10)12(17)15-8-13(9-16)5-2-1-3-6-13/h4,7,16H,1-3,5-6,8-9H2,(H,15,17). The van der Waals surface area contributed by atoms with Crippen LogP contribution < -0.4 is 5.32 Å². The molecule has 1 heterocycles. The third-order valence-electron chi connectivity index (χ3n) is 3.70. The summed E-state index contributed by atoms with van der Waals surface area (Å²) in [6.07, 6.45) is 5.56. The van der Waals surface area contributed by atoms with Crippen LogP contribution >= 0.6 is 27.3 Å². The number of nitrogens with one attached hydrogen (secondary N) is 1. The van der Waals surface area contributed by atoms with Crippen LogP contribution in [0.1, 0.15) is 41.8 Å². The number of thiophene rings is 1. The number of aliphatic hydroxyl groups excluding tert-OH is 1. The summed E-state index contributed by atoms with van der Waals surface area (Å²) in [6.45, 7) is 0.742. The van der Waals surface area contributed by atoms with Gasteiger partial charge in [-0.15, -0.1) is 11.3 Å². The van der Waals surface area contributed by atoms with Crippen LogP contribution in [-0.2, 0) is 0 Å². The van der Waals surface area contributed by atoms with Crippen molar-refractivity contribution in [2.45, 2.75) is 32.1 Å². The van der Waals surface area contributed by atoms with E-state index in [0.29, 0.717) is 11.4 Å². The summed E-state index contributed by atoms with van der Waals surface area (Å²) in [5, 5.41) is 14.4. The van der Waals surface area contributed by atoms with Gasteiger partial charge in [-0.05, 0) is 40.2 Å². The third-order valence-corrected chi connectivity index (χ3v) is 5.53. The summed E-state index contributed by atoms with van der Waals surface area (Å²) in [5.41, 5.74) is -0.0996. The maximum atomic E-state index is 12.0. The second-order valence-corrected chi connectivity index (χ2v) is 6.77. The van der Waals surface area contributed by atoms with Crippen LogP contribution in [-0.4, -0.2) is 24.2 Å². The summed E-state index contributed by atoms with van der Waals surface area (Å²) in [4.78, 5) is 12.7. The molecule has 1 fully saturated rings. The Kier molecular flexibility index (Phi) is 4.81. The van der Waals surface area contributed by atoms with Crippen LogP contribution in [0.15, 0.2) is 15.9 Å². The lowest BCUT2D eigenvalue weighted by Crippen LogP contribution is -2.41. The molecule has 0 spiro atoms. The zero-order valence-electron chi connectivity index (χ0n) is 10.2. The van der Waals surface area contributed by atoms with Crippen LogP contribution in [0, 0.1) is 5.41 Å². The number of rotatable bonds is 4. The molecule has 0 unspecified atom stereocenters. The largest absolute Gasteiger partial charge is 0.396 e. The summed E-state index contributed by atoms with van der Waals surface area (Å²) in [7, 11) is 0. The van der Waals surface area contributed by atoms with Crippen molar-refractivity contribution in [2.24, 2.45) is 5.41 Å². The van der Waals surface area contributed by atoms with E-state index in [9.17, 15) is 9.90 Å². The molecule has 0 aromatic carbocycles. The Morgan fingerprint density at radius 2 is 2.17 bits per heavy atom. The fourth-order valence-electron chi connectivity index (χ4n) is 2.50. The quantitative estimate of drug-likeness (QED) is 0.890. The molecule has 2 N–H and O–H groups in total. The minimum atomic E-state index is -0.0996. The van der Waals surface area contributed by atoms with E-state index in [1.807, 2.05) is 11.4 Å². The average Bonchev–Trinajstić information content (AvgIpc) is 2.83. The fraction of sp³-hybridized carbons (Fsp3) is 0.615. The molecule has 1 aliphatic rings. The van der Waals surface area contributed by atoms with Crippen LogP contribution in [0.4, 0.5) is 0 Å². The molecule has 2 rings (SSSR count). The number of hydrogen-bond donors (Lipinski definition) is 2. The molecule has 0 atom stereocenters. The minimum Gasteiger partial charge on any atom is -0.396 e. The van der Waals surface area contributed by atoms with Crippen molar-refractivity contribution in [2.75, 3.05) is 13.2 Å². The molecule has 0 bridgehead atoms. The Bertz CT molecular complexity index is 413. The van der Waals surface area contributed by atoms with Crippen molar-refractivity contribution in [3.8, 4) is 0 Å². The monoisotopic (exact) mass is 331 g/mol. The number of halogens is 1. The van der Waals surface area contributed by atoms with Gasteiger partial charge in [0.05, 0.1) is 6.61 Å². The van der Waals surface area contributed by atoms with Gasteiger partial charge in [-0.1, -0.05) is 19.3 Å². The highest BCUT2D eigenvalue weighted by Crippen LogP contribution is 2.35. The van der Waals surface area contributed by atoms with Crippen molar-refractivity contribution in [1.29, 1.82) is 0 Å². The summed E-state index contributed by atoms with van der Waals surface area (Å²) in [5.74, 6) is -0.0460. The van der Waals surface area contributed by atoms with Gasteiger partial charge in [0.15, 0.2) is 0 Å². The topological polar surface area (TPSA) is 49.3 Å². The molecule has 18 heavy (non-hydrogen) atoms. The van der Waals surface area contributed by atoms with Gasteiger partial charge in [0.1, 0.15) is 4.88 Å². The van der Waals surface area contributed by atoms with Crippen LogP contribution in [0.25, 0.3) is 0 Å². The van der Waals surface area contributed by atoms with Crippen LogP contribution in [0.3, 0.4) is 0 Å². The second kappa shape index (κ2) is 6.17. The number of carbonyl (C=O) groups excluding carboxylic acids is 1. The number of amides is 1. The molecule has 5 heteroatoms. The lowest BCUT2D eigenvalue weighted by molar-refractivity contribution is 0.0719. The second-order valence-electron chi connectivity index (χ2n) is 5.00. The molecule has 1 aliphatic carbocycles. The van der Waals surface area contributed by atoms with E-state index >= 15 is 0 Å². The molecule has 1 aromatic rings. The smallest absolute Gasteiger partial charge is 0.262 e. The van der Waals surface area contributed by atoms with Gasteiger partial charge in [0.25, 0.3) is 5.91 Å². The highest BCUT2D eigenvalue weighted by atomic mass is 79.9. The van der Waals surface area contributed by atoms with E-state index < -0.39 is 0 Å². The third kappa shape index (κ3) is 3.13. The highest BCUT2D eigenvalue weighted by Gasteiger charge is 2.32. The average molecular weight is 332 g/mol. The van der Waals surface area contributed by atoms with Crippen molar-refractivity contribution < 1.29 is 9.90 Å². The van der Waals surface area contributed by atoms with E-state index in [2.05, 4.69) is 21.2 Å². The number of carbonyl (C=O) groups is 1. The van der Waals surface area contributed by atoms with Gasteiger partial charge < -0.3 is 10.4 Å². The Balaban J connectivity index is 1.94. The normalized spacial score (nSPS) is 18.6. The lowest BCUT2D eigenvalue weighted by atomic mass is 9.74. The molecule has 1 amide bonds. The first-order chi connectivity index (χ1) is 8.67. The summed E-state index contributed by atoms with van der Waals surface area (Å²) in [6, 6.07) is 1.88. The fourth-order valence-corrected chi connectivity index (χ4v) is 3.96. The van der Waals surface area contributed by atoms with Crippen LogP contribution in [0.5, 0.6) is 0 Å². The Hall–Kier alpha value is -0.390. The Morgan fingerprint density at radius 1 is 1.44 bits per heavy atom. The number of hydrogen-bond acceptors (Lipinski definition) is 3. The van der Waals surface area contributed by atoms with E-state index in [4.69, 9.17) is 0 Å². The molecule has 3 nitrogen and oxygen atoms in total. The summed E-state index contributed by atoms with van der Waals surface area (Å²) >= 11 is 4.79. The molecule has 1 aromatic heterocycles. The van der Waals surface area contributed by atoms with Gasteiger partial charge >= 0.3 is 0 Å². The van der Waals surface area contributed by atoms with E-state index in [-0.39, 0.29) is 17.9 Å². The maximum absolute atomic E-state index is 12.0. The van der Waals surface area contributed by atoms with E-state index in [0.717, 1.165) is 30.2 Å². The first-order valence-corrected chi connectivity index (χ1v) is 7.96. The predicted molar refractivity (Wildman–Crippen MR) is 77.0 cm³/mol. The van der Waals surface area contributed by atoms with Crippen LogP contribution in [0.2, 0.25) is 0 Å². The minimum absolute atomic E-state index is 0.0460. The predicted octanol–water partition coefficient (Wildman–Crippen LogP) is 3.18. The Morgan fingerprint density at radius 3 is 2.72 bits per heavy atom. The van der Waals surface area contributed by atoms with Crippen molar-refractivity contribution in [1.82, 2.24) is 5.32 Å². The molecular formula is C13H18BrNO2S. The molecule has 0 saturated heterocycles. The van der Waals surface area contributed by atoms with Gasteiger partial charge in [0.2, 0.25) is 0 Å². The van der Waals surface area contributed by atoms with Gasteiger partial charge in [0, 0.05) is 16.4 Å². The van der Waals surface area contributed by atoms with Crippen molar-refractivity contribution in [3.05, 3.63) is 20.8 Å². The molecular weight excluding hydrogens is 314 g/mol. The van der Waals surface area contributed by atoms with Gasteiger partial charge in [-0.25, -0.2) is 0 Å². The maximum Gasteiger partial charge on any atom is 0.262 e. The zero-order chi connectivity index (χ0) is 13.0. The summed E-state index contributed by atoms with van der Waals surface area (Å²) < 4.78 is 0.840. The molecule has 0 aliphatic heterocycles. The Labute approximate surface area is 120 Å². The molecule has 1 saturated carbocycles. The first kappa shape index (κ1) is 14.0. The van der Waals surface area contributed by atoms with E-state index in [1.165, 1.54) is 17.8 Å². The van der Waals surface area contributed by atoms with Crippen molar-refractivity contribution >= 4 is 33.2 Å². The van der Waals surface area contributed by atoms with Gasteiger partial charge in [-0.2, -0.15) is 0 Å². The van der Waals surface area contributed by atoms with E-state index in [1.54, 1.807) is 0 Å². The highest BCUT2D eigenvalue weighted by molar-refractivity contribution is 9.10. The van der Waals surface area contributed by atoms with Gasteiger partial charge in [-0.3, -0.25) is 4.79 Å². The zero-order valence-corrected chi connectivity index (χ0v) is 12.6. The lowest BCUT2D eigenvalue weighted by Gasteiger charge is -2.35. The SMILES string of the molecule is O=C(NCC1(CO)CCCCC1)c1sccc1Br. The number of aliphatic hydroxyl groups is 1. The molecule has 100 valence electrons.